The molecule has 3 fully saturated rings. The van der Waals surface area contributed by atoms with Gasteiger partial charge in [-0.05, 0) is 31.9 Å². The molecule has 0 aromatic heterocycles. The minimum atomic E-state index is -3.54. The number of rotatable bonds is 5. The highest BCUT2D eigenvalue weighted by atomic mass is 32.2. The van der Waals surface area contributed by atoms with Crippen molar-refractivity contribution in [3.8, 4) is 0 Å². The number of hydrogen-bond acceptors (Lipinski definition) is 6. The van der Waals surface area contributed by atoms with E-state index in [1.54, 1.807) is 35.2 Å². The zero-order chi connectivity index (χ0) is 22.7. The van der Waals surface area contributed by atoms with E-state index in [1.165, 1.54) is 4.31 Å². The topological polar surface area (TPSA) is 90.5 Å². The molecule has 0 unspecified atom stereocenters. The molecule has 0 spiro atoms. The minimum Gasteiger partial charge on any atom is -0.368 e. The zero-order valence-corrected chi connectivity index (χ0v) is 19.4. The summed E-state index contributed by atoms with van der Waals surface area (Å²) in [7, 11) is -3.54. The van der Waals surface area contributed by atoms with Crippen molar-refractivity contribution in [2.45, 2.75) is 36.8 Å². The molecule has 0 saturated carbocycles. The zero-order valence-electron chi connectivity index (χ0n) is 18.6. The van der Waals surface area contributed by atoms with Crippen LogP contribution in [0.1, 0.15) is 19.8 Å². The van der Waals surface area contributed by atoms with Gasteiger partial charge in [0, 0.05) is 59.0 Å². The van der Waals surface area contributed by atoms with Gasteiger partial charge >= 0.3 is 0 Å². The van der Waals surface area contributed by atoms with Crippen LogP contribution in [0.3, 0.4) is 0 Å². The van der Waals surface area contributed by atoms with Crippen LogP contribution in [-0.2, 0) is 24.3 Å². The normalized spacial score (nSPS) is 24.5. The van der Waals surface area contributed by atoms with E-state index >= 15 is 0 Å². The van der Waals surface area contributed by atoms with Gasteiger partial charge < -0.3 is 14.5 Å². The van der Waals surface area contributed by atoms with E-state index in [0.717, 1.165) is 12.8 Å². The Morgan fingerprint density at radius 3 is 2.16 bits per heavy atom. The molecule has 176 valence electrons. The van der Waals surface area contributed by atoms with Gasteiger partial charge in [-0.15, -0.1) is 0 Å². The van der Waals surface area contributed by atoms with Crippen molar-refractivity contribution >= 4 is 21.8 Å². The highest BCUT2D eigenvalue weighted by Gasteiger charge is 2.35. The van der Waals surface area contributed by atoms with Gasteiger partial charge in [0.25, 0.3) is 5.91 Å². The van der Waals surface area contributed by atoms with E-state index in [2.05, 4.69) is 4.90 Å². The lowest BCUT2D eigenvalue weighted by Crippen LogP contribution is -2.59. The smallest absolute Gasteiger partial charge is 0.251 e. The summed E-state index contributed by atoms with van der Waals surface area (Å²) >= 11 is 0. The average Bonchev–Trinajstić information content (AvgIpc) is 3.38. The van der Waals surface area contributed by atoms with Gasteiger partial charge in [0.05, 0.1) is 10.9 Å². The lowest BCUT2D eigenvalue weighted by Gasteiger charge is -2.41. The average molecular weight is 465 g/mol. The minimum absolute atomic E-state index is 0.0145. The number of benzene rings is 1. The molecule has 9 nitrogen and oxygen atoms in total. The van der Waals surface area contributed by atoms with Crippen LogP contribution < -0.4 is 0 Å². The summed E-state index contributed by atoms with van der Waals surface area (Å²) in [5.41, 5.74) is 0. The first kappa shape index (κ1) is 23.2. The fourth-order valence-electron chi connectivity index (χ4n) is 4.62. The lowest BCUT2D eigenvalue weighted by molar-refractivity contribution is -0.144. The summed E-state index contributed by atoms with van der Waals surface area (Å²) in [6.45, 7) is 6.38. The quantitative estimate of drug-likeness (QED) is 0.620. The van der Waals surface area contributed by atoms with Gasteiger partial charge in [-0.3, -0.25) is 14.5 Å². The largest absolute Gasteiger partial charge is 0.368 e. The Hall–Kier alpha value is -2.01. The summed E-state index contributed by atoms with van der Waals surface area (Å²) < 4.78 is 32.6. The number of piperazine rings is 2. The molecule has 0 radical (unpaired) electrons. The molecule has 1 aromatic rings. The Bertz CT molecular complexity index is 904. The maximum absolute atomic E-state index is 13.1. The first-order valence-electron chi connectivity index (χ1n) is 11.4. The second-order valence-corrected chi connectivity index (χ2v) is 10.5. The molecule has 0 aliphatic carbocycles. The van der Waals surface area contributed by atoms with Gasteiger partial charge in [-0.2, -0.15) is 4.31 Å². The van der Waals surface area contributed by atoms with Crippen LogP contribution in [0.4, 0.5) is 0 Å². The fraction of sp³-hybridized carbons (Fsp3) is 0.636. The molecule has 0 bridgehead atoms. The molecule has 3 aliphatic rings. The number of sulfonamides is 1. The highest BCUT2D eigenvalue weighted by Crippen LogP contribution is 2.19. The second kappa shape index (κ2) is 9.86. The van der Waals surface area contributed by atoms with E-state index in [1.807, 2.05) is 11.8 Å². The van der Waals surface area contributed by atoms with Crippen LogP contribution in [0, 0.1) is 0 Å². The van der Waals surface area contributed by atoms with Gasteiger partial charge in [0.15, 0.2) is 0 Å². The van der Waals surface area contributed by atoms with Crippen molar-refractivity contribution in [2.75, 3.05) is 59.0 Å². The van der Waals surface area contributed by atoms with Crippen LogP contribution in [-0.4, -0.2) is 110 Å². The van der Waals surface area contributed by atoms with E-state index < -0.39 is 10.0 Å². The van der Waals surface area contributed by atoms with Gasteiger partial charge in [-0.1, -0.05) is 18.2 Å². The summed E-state index contributed by atoms with van der Waals surface area (Å²) in [6.07, 6.45) is 1.42. The number of nitrogens with zero attached hydrogens (tertiary/aromatic N) is 4. The second-order valence-electron chi connectivity index (χ2n) is 8.58. The Morgan fingerprint density at radius 2 is 1.56 bits per heavy atom. The number of amides is 2. The fourth-order valence-corrected chi connectivity index (χ4v) is 6.06. The van der Waals surface area contributed by atoms with E-state index in [4.69, 9.17) is 4.74 Å². The molecule has 3 saturated heterocycles. The monoisotopic (exact) mass is 464 g/mol. The molecule has 2 atom stereocenters. The van der Waals surface area contributed by atoms with Crippen molar-refractivity contribution in [1.82, 2.24) is 19.0 Å². The third-order valence-electron chi connectivity index (χ3n) is 6.67. The van der Waals surface area contributed by atoms with Crippen molar-refractivity contribution < 1.29 is 22.7 Å². The molecule has 32 heavy (non-hydrogen) atoms. The Labute approximate surface area is 189 Å². The number of carbonyl (C=O) groups excluding carboxylic acids is 2. The Kier molecular flexibility index (Phi) is 7.14. The van der Waals surface area contributed by atoms with E-state index in [9.17, 15) is 18.0 Å². The predicted molar refractivity (Wildman–Crippen MR) is 118 cm³/mol. The standard InChI is InChI=1S/C22H32N4O5S/c1-18(23-9-11-25(12-10-23)22(28)20-8-5-17-31-20)21(27)24-13-15-26(16-14-24)32(29,30)19-6-3-2-4-7-19/h2-4,6-7,18,20H,5,8-17H2,1H3/t18-,20+/m1/s1. The first-order chi connectivity index (χ1) is 15.4. The van der Waals surface area contributed by atoms with Crippen LogP contribution in [0.2, 0.25) is 0 Å². The summed E-state index contributed by atoms with van der Waals surface area (Å²) in [5, 5.41) is 0. The van der Waals surface area contributed by atoms with E-state index in [-0.39, 0.29) is 28.9 Å². The maximum atomic E-state index is 13.1. The van der Waals surface area contributed by atoms with Crippen molar-refractivity contribution in [1.29, 1.82) is 0 Å². The lowest BCUT2D eigenvalue weighted by atomic mass is 10.1. The number of hydrogen-bond donors (Lipinski definition) is 0. The summed E-state index contributed by atoms with van der Waals surface area (Å²) in [5.74, 6) is 0.0811. The first-order valence-corrected chi connectivity index (χ1v) is 12.8. The number of ether oxygens (including phenoxy) is 1. The van der Waals surface area contributed by atoms with Gasteiger partial charge in [0.2, 0.25) is 15.9 Å². The maximum Gasteiger partial charge on any atom is 0.251 e. The predicted octanol–water partition coefficient (Wildman–Crippen LogP) is 0.231. The van der Waals surface area contributed by atoms with Crippen LogP contribution in [0.25, 0.3) is 0 Å². The SMILES string of the molecule is C[C@H](C(=O)N1CCN(S(=O)(=O)c2ccccc2)CC1)N1CCN(C(=O)[C@@H]2CCCO2)CC1. The van der Waals surface area contributed by atoms with Crippen LogP contribution in [0.15, 0.2) is 35.2 Å². The molecule has 2 amide bonds. The molecule has 1 aromatic carbocycles. The van der Waals surface area contributed by atoms with Crippen LogP contribution in [0.5, 0.6) is 0 Å². The molecule has 4 rings (SSSR count). The molecule has 10 heteroatoms. The third-order valence-corrected chi connectivity index (χ3v) is 8.58. The van der Waals surface area contributed by atoms with E-state index in [0.29, 0.717) is 59.0 Å². The summed E-state index contributed by atoms with van der Waals surface area (Å²) in [4.78, 5) is 31.6. The van der Waals surface area contributed by atoms with Crippen molar-refractivity contribution in [3.63, 3.8) is 0 Å². The van der Waals surface area contributed by atoms with Gasteiger partial charge in [0.1, 0.15) is 6.10 Å². The molecule has 0 N–H and O–H groups in total. The highest BCUT2D eigenvalue weighted by molar-refractivity contribution is 7.89. The molecular weight excluding hydrogens is 432 g/mol. The Balaban J connectivity index is 1.27. The number of carbonyl (C=O) groups is 2. The van der Waals surface area contributed by atoms with Gasteiger partial charge in [-0.25, -0.2) is 8.42 Å². The van der Waals surface area contributed by atoms with Crippen molar-refractivity contribution in [3.05, 3.63) is 30.3 Å². The third kappa shape index (κ3) is 4.83. The molecular formula is C22H32N4O5S. The molecule has 3 heterocycles. The molecule has 3 aliphatic heterocycles. The van der Waals surface area contributed by atoms with Crippen LogP contribution >= 0.6 is 0 Å². The Morgan fingerprint density at radius 1 is 0.938 bits per heavy atom. The van der Waals surface area contributed by atoms with Crippen molar-refractivity contribution in [2.24, 2.45) is 0 Å². The summed E-state index contributed by atoms with van der Waals surface area (Å²) in [6, 6.07) is 8.10.